The molecule has 1 atom stereocenters. The van der Waals surface area contributed by atoms with Crippen molar-refractivity contribution in [3.8, 4) is 0 Å². The molecule has 1 aliphatic rings. The lowest BCUT2D eigenvalue weighted by atomic mass is 10.1. The van der Waals surface area contributed by atoms with Crippen LogP contribution >= 0.6 is 0 Å². The monoisotopic (exact) mass is 258 g/mol. The second kappa shape index (κ2) is 6.80. The average molecular weight is 258 g/mol. The van der Waals surface area contributed by atoms with E-state index in [2.05, 4.69) is 10.6 Å². The van der Waals surface area contributed by atoms with E-state index in [1.165, 1.54) is 4.90 Å². The number of urea groups is 1. The average Bonchev–Trinajstić information content (AvgIpc) is 2.34. The molecule has 8 nitrogen and oxygen atoms in total. The molecule has 0 unspecified atom stereocenters. The molecule has 1 fully saturated rings. The van der Waals surface area contributed by atoms with Crippen LogP contribution in [0.2, 0.25) is 0 Å². The molecule has 1 saturated heterocycles. The predicted molar refractivity (Wildman–Crippen MR) is 62.8 cm³/mol. The highest BCUT2D eigenvalue weighted by atomic mass is 16.4. The Hall–Kier alpha value is -1.83. The molecule has 0 aromatic carbocycles. The fraction of sp³-hybridized carbons (Fsp3) is 0.700. The minimum atomic E-state index is -1.17. The van der Waals surface area contributed by atoms with E-state index in [9.17, 15) is 14.4 Å². The Morgan fingerprint density at radius 1 is 1.33 bits per heavy atom. The molecule has 0 aromatic heterocycles. The van der Waals surface area contributed by atoms with Crippen molar-refractivity contribution in [2.45, 2.75) is 18.9 Å². The molecule has 8 heteroatoms. The largest absolute Gasteiger partial charge is 0.480 e. The molecule has 1 aliphatic heterocycles. The van der Waals surface area contributed by atoms with Crippen molar-refractivity contribution in [3.63, 3.8) is 0 Å². The van der Waals surface area contributed by atoms with Gasteiger partial charge in [-0.3, -0.25) is 4.79 Å². The van der Waals surface area contributed by atoms with Crippen LogP contribution in [-0.2, 0) is 9.59 Å². The molecule has 18 heavy (non-hydrogen) atoms. The lowest BCUT2D eigenvalue weighted by Gasteiger charge is -2.28. The van der Waals surface area contributed by atoms with Crippen LogP contribution in [0.25, 0.3) is 0 Å². The van der Waals surface area contributed by atoms with Crippen molar-refractivity contribution < 1.29 is 19.5 Å². The number of carboxylic acids is 1. The topological polar surface area (TPSA) is 125 Å². The number of nitrogens with two attached hydrogens (primary N) is 1. The molecular formula is C10H18N4O4. The first-order valence-corrected chi connectivity index (χ1v) is 5.78. The fourth-order valence-corrected chi connectivity index (χ4v) is 1.65. The van der Waals surface area contributed by atoms with Gasteiger partial charge in [0.1, 0.15) is 6.04 Å². The van der Waals surface area contributed by atoms with E-state index in [0.717, 1.165) is 0 Å². The summed E-state index contributed by atoms with van der Waals surface area (Å²) in [6.45, 7) is 2.45. The first kappa shape index (κ1) is 14.2. The Morgan fingerprint density at radius 3 is 2.44 bits per heavy atom. The molecule has 0 saturated carbocycles. The quantitative estimate of drug-likeness (QED) is 0.469. The molecule has 0 bridgehead atoms. The molecule has 0 aromatic rings. The maximum Gasteiger partial charge on any atom is 0.326 e. The van der Waals surface area contributed by atoms with Gasteiger partial charge in [0.25, 0.3) is 0 Å². The third-order valence-corrected chi connectivity index (χ3v) is 2.68. The van der Waals surface area contributed by atoms with Crippen LogP contribution in [-0.4, -0.2) is 60.1 Å². The van der Waals surface area contributed by atoms with Crippen LogP contribution in [0.15, 0.2) is 0 Å². The van der Waals surface area contributed by atoms with E-state index in [1.807, 2.05) is 0 Å². The summed E-state index contributed by atoms with van der Waals surface area (Å²) in [5.74, 6) is -1.75. The molecule has 3 amide bonds. The molecule has 5 N–H and O–H groups in total. The van der Waals surface area contributed by atoms with E-state index in [0.29, 0.717) is 26.2 Å². The van der Waals surface area contributed by atoms with E-state index in [-0.39, 0.29) is 12.8 Å². The summed E-state index contributed by atoms with van der Waals surface area (Å²) < 4.78 is 0. The summed E-state index contributed by atoms with van der Waals surface area (Å²) in [6.07, 6.45) is -0.0682. The van der Waals surface area contributed by atoms with Crippen LogP contribution in [0.1, 0.15) is 12.8 Å². The number of carboxylic acid groups (broad SMARTS) is 1. The minimum Gasteiger partial charge on any atom is -0.480 e. The van der Waals surface area contributed by atoms with Crippen molar-refractivity contribution in [1.82, 2.24) is 15.5 Å². The summed E-state index contributed by atoms with van der Waals surface area (Å²) >= 11 is 0. The van der Waals surface area contributed by atoms with E-state index < -0.39 is 23.9 Å². The number of rotatable bonds is 5. The van der Waals surface area contributed by atoms with Crippen molar-refractivity contribution in [2.75, 3.05) is 26.2 Å². The number of piperazine rings is 1. The van der Waals surface area contributed by atoms with Gasteiger partial charge < -0.3 is 26.4 Å². The molecule has 0 radical (unpaired) electrons. The van der Waals surface area contributed by atoms with Gasteiger partial charge in [-0.05, 0) is 6.42 Å². The van der Waals surface area contributed by atoms with Gasteiger partial charge in [0.2, 0.25) is 5.91 Å². The van der Waals surface area contributed by atoms with Crippen molar-refractivity contribution >= 4 is 17.9 Å². The van der Waals surface area contributed by atoms with Gasteiger partial charge in [-0.2, -0.15) is 0 Å². The number of hydrogen-bond donors (Lipinski definition) is 4. The first-order chi connectivity index (χ1) is 8.50. The number of amides is 3. The Kier molecular flexibility index (Phi) is 5.37. The molecule has 0 aliphatic carbocycles. The summed E-state index contributed by atoms with van der Waals surface area (Å²) in [5.41, 5.74) is 4.95. The second-order valence-electron chi connectivity index (χ2n) is 4.08. The lowest BCUT2D eigenvalue weighted by molar-refractivity contribution is -0.139. The summed E-state index contributed by atoms with van der Waals surface area (Å²) in [7, 11) is 0. The van der Waals surface area contributed by atoms with Crippen LogP contribution in [0.3, 0.4) is 0 Å². The molecular weight excluding hydrogens is 240 g/mol. The standard InChI is InChI=1S/C10H18N4O4/c11-8(15)2-1-7(9(16)17)13-10(18)14-5-3-12-4-6-14/h7,12H,1-6H2,(H2,11,15)(H,13,18)(H,16,17)/t7-/m0/s1. The predicted octanol–water partition coefficient (Wildman–Crippen LogP) is -1.68. The fourth-order valence-electron chi connectivity index (χ4n) is 1.65. The van der Waals surface area contributed by atoms with Crippen LogP contribution in [0.5, 0.6) is 0 Å². The Labute approximate surface area is 104 Å². The summed E-state index contributed by atoms with van der Waals surface area (Å²) in [6, 6.07) is -1.51. The summed E-state index contributed by atoms with van der Waals surface area (Å²) in [4.78, 5) is 34.8. The SMILES string of the molecule is NC(=O)CC[C@H](NC(=O)N1CCNCC1)C(=O)O. The number of nitrogens with zero attached hydrogens (tertiary/aromatic N) is 1. The van der Waals surface area contributed by atoms with Crippen molar-refractivity contribution in [2.24, 2.45) is 5.73 Å². The second-order valence-corrected chi connectivity index (χ2v) is 4.08. The highest BCUT2D eigenvalue weighted by Crippen LogP contribution is 2.00. The zero-order valence-corrected chi connectivity index (χ0v) is 10.0. The first-order valence-electron chi connectivity index (χ1n) is 5.78. The summed E-state index contributed by atoms with van der Waals surface area (Å²) in [5, 5.41) is 14.4. The maximum absolute atomic E-state index is 11.8. The number of hydrogen-bond acceptors (Lipinski definition) is 4. The molecule has 0 spiro atoms. The minimum absolute atomic E-state index is 0.00248. The smallest absolute Gasteiger partial charge is 0.326 e. The van der Waals surface area contributed by atoms with Gasteiger partial charge >= 0.3 is 12.0 Å². The van der Waals surface area contributed by atoms with Crippen molar-refractivity contribution in [1.29, 1.82) is 0 Å². The zero-order chi connectivity index (χ0) is 13.5. The number of aliphatic carboxylic acids is 1. The Bertz CT molecular complexity index is 328. The third-order valence-electron chi connectivity index (χ3n) is 2.68. The van der Waals surface area contributed by atoms with Crippen LogP contribution in [0.4, 0.5) is 4.79 Å². The van der Waals surface area contributed by atoms with Gasteiger partial charge in [0.05, 0.1) is 0 Å². The number of nitrogens with one attached hydrogen (secondary N) is 2. The normalized spacial score (nSPS) is 17.0. The molecule has 1 heterocycles. The van der Waals surface area contributed by atoms with Crippen molar-refractivity contribution in [3.05, 3.63) is 0 Å². The third kappa shape index (κ3) is 4.58. The van der Waals surface area contributed by atoms with E-state index in [4.69, 9.17) is 10.8 Å². The highest BCUT2D eigenvalue weighted by Gasteiger charge is 2.24. The number of primary amides is 1. The number of carbonyl (C=O) groups excluding carboxylic acids is 2. The maximum atomic E-state index is 11.8. The van der Waals surface area contributed by atoms with Crippen LogP contribution < -0.4 is 16.4 Å². The van der Waals surface area contributed by atoms with E-state index in [1.54, 1.807) is 0 Å². The molecule has 102 valence electrons. The van der Waals surface area contributed by atoms with E-state index >= 15 is 0 Å². The number of carbonyl (C=O) groups is 3. The van der Waals surface area contributed by atoms with Gasteiger partial charge in [-0.15, -0.1) is 0 Å². The van der Waals surface area contributed by atoms with Gasteiger partial charge in [0, 0.05) is 32.6 Å². The van der Waals surface area contributed by atoms with Gasteiger partial charge in [0.15, 0.2) is 0 Å². The lowest BCUT2D eigenvalue weighted by Crippen LogP contribution is -2.53. The zero-order valence-electron chi connectivity index (χ0n) is 10.0. The highest BCUT2D eigenvalue weighted by molar-refractivity contribution is 5.83. The van der Waals surface area contributed by atoms with Crippen LogP contribution in [0, 0.1) is 0 Å². The Balaban J connectivity index is 2.46. The van der Waals surface area contributed by atoms with Gasteiger partial charge in [-0.1, -0.05) is 0 Å². The Morgan fingerprint density at radius 2 is 1.94 bits per heavy atom. The molecule has 1 rings (SSSR count). The van der Waals surface area contributed by atoms with Gasteiger partial charge in [-0.25, -0.2) is 9.59 Å².